The molecule has 1 unspecified atom stereocenters. The van der Waals surface area contributed by atoms with E-state index in [2.05, 4.69) is 37.6 Å². The maximum absolute atomic E-state index is 12.2. The number of nitrogens with zero attached hydrogens (tertiary/aromatic N) is 3. The molecule has 132 valence electrons. The Morgan fingerprint density at radius 3 is 2.60 bits per heavy atom. The standard InChI is InChI=1S/C19H25N5O/c1-3-14(2)21-18(25)17-10-11-20-19(23-17)22-15-6-8-16(9-7-15)24-12-4-5-13-24/h6-11,14H,3-5,12-13H2,1-2H3,(H,21,25)(H,20,22,23). The normalized spacial score (nSPS) is 15.0. The van der Waals surface area contributed by atoms with Crippen LogP contribution in [-0.2, 0) is 0 Å². The molecule has 0 bridgehead atoms. The van der Waals surface area contributed by atoms with Gasteiger partial charge in [-0.1, -0.05) is 6.92 Å². The van der Waals surface area contributed by atoms with Crippen LogP contribution in [0, 0.1) is 0 Å². The number of benzene rings is 1. The van der Waals surface area contributed by atoms with Crippen LogP contribution < -0.4 is 15.5 Å². The lowest BCUT2D eigenvalue weighted by Gasteiger charge is -2.17. The number of anilines is 3. The van der Waals surface area contributed by atoms with Crippen molar-refractivity contribution in [2.75, 3.05) is 23.3 Å². The number of hydrogen-bond acceptors (Lipinski definition) is 5. The third kappa shape index (κ3) is 4.47. The molecule has 0 spiro atoms. The highest BCUT2D eigenvalue weighted by atomic mass is 16.1. The van der Waals surface area contributed by atoms with Gasteiger partial charge in [-0.05, 0) is 56.5 Å². The summed E-state index contributed by atoms with van der Waals surface area (Å²) in [5.41, 5.74) is 2.51. The summed E-state index contributed by atoms with van der Waals surface area (Å²) >= 11 is 0. The van der Waals surface area contributed by atoms with E-state index in [1.165, 1.54) is 18.5 Å². The van der Waals surface area contributed by atoms with E-state index in [1.807, 2.05) is 26.0 Å². The molecule has 1 aromatic carbocycles. The average molecular weight is 339 g/mol. The number of carbonyl (C=O) groups excluding carboxylic acids is 1. The van der Waals surface area contributed by atoms with Crippen molar-refractivity contribution in [3.8, 4) is 0 Å². The number of hydrogen-bond donors (Lipinski definition) is 2. The van der Waals surface area contributed by atoms with Crippen molar-refractivity contribution in [3.05, 3.63) is 42.2 Å². The Labute approximate surface area is 148 Å². The van der Waals surface area contributed by atoms with Gasteiger partial charge in [-0.2, -0.15) is 0 Å². The van der Waals surface area contributed by atoms with E-state index in [0.717, 1.165) is 25.2 Å². The summed E-state index contributed by atoms with van der Waals surface area (Å²) < 4.78 is 0. The monoisotopic (exact) mass is 339 g/mol. The van der Waals surface area contributed by atoms with E-state index in [1.54, 1.807) is 12.3 Å². The molecule has 6 heteroatoms. The highest BCUT2D eigenvalue weighted by Gasteiger charge is 2.13. The van der Waals surface area contributed by atoms with E-state index in [-0.39, 0.29) is 11.9 Å². The maximum Gasteiger partial charge on any atom is 0.270 e. The summed E-state index contributed by atoms with van der Waals surface area (Å²) in [6.07, 6.45) is 5.00. The van der Waals surface area contributed by atoms with Crippen molar-refractivity contribution in [2.24, 2.45) is 0 Å². The molecule has 2 N–H and O–H groups in total. The van der Waals surface area contributed by atoms with Crippen molar-refractivity contribution >= 4 is 23.2 Å². The van der Waals surface area contributed by atoms with Gasteiger partial charge in [0.25, 0.3) is 5.91 Å². The van der Waals surface area contributed by atoms with Crippen molar-refractivity contribution in [3.63, 3.8) is 0 Å². The van der Waals surface area contributed by atoms with Crippen LogP contribution in [0.1, 0.15) is 43.6 Å². The second-order valence-corrected chi connectivity index (χ2v) is 6.41. The number of aromatic nitrogens is 2. The van der Waals surface area contributed by atoms with E-state index < -0.39 is 0 Å². The van der Waals surface area contributed by atoms with Crippen LogP contribution in [0.15, 0.2) is 36.5 Å². The van der Waals surface area contributed by atoms with Crippen molar-refractivity contribution < 1.29 is 4.79 Å². The van der Waals surface area contributed by atoms with Gasteiger partial charge in [0.05, 0.1) is 0 Å². The second kappa shape index (κ2) is 7.96. The molecule has 1 aliphatic rings. The van der Waals surface area contributed by atoms with E-state index >= 15 is 0 Å². The fraction of sp³-hybridized carbons (Fsp3) is 0.421. The lowest BCUT2D eigenvalue weighted by atomic mass is 10.2. The Bertz CT molecular complexity index is 710. The van der Waals surface area contributed by atoms with Crippen LogP contribution in [0.2, 0.25) is 0 Å². The summed E-state index contributed by atoms with van der Waals surface area (Å²) in [5, 5.41) is 6.08. The minimum Gasteiger partial charge on any atom is -0.372 e. The maximum atomic E-state index is 12.2. The van der Waals surface area contributed by atoms with Gasteiger partial charge in [0.1, 0.15) is 5.69 Å². The minimum atomic E-state index is -0.177. The van der Waals surface area contributed by atoms with Crippen molar-refractivity contribution in [2.45, 2.75) is 39.2 Å². The SMILES string of the molecule is CCC(C)NC(=O)c1ccnc(Nc2ccc(N3CCCC3)cc2)n1. The molecule has 2 heterocycles. The first-order valence-electron chi connectivity index (χ1n) is 8.91. The molecule has 1 aromatic heterocycles. The molecule has 2 aromatic rings. The summed E-state index contributed by atoms with van der Waals surface area (Å²) in [6.45, 7) is 6.26. The summed E-state index contributed by atoms with van der Waals surface area (Å²) in [7, 11) is 0. The molecule has 1 fully saturated rings. The molecular formula is C19H25N5O. The Balaban J connectivity index is 1.66. The fourth-order valence-electron chi connectivity index (χ4n) is 2.81. The van der Waals surface area contributed by atoms with E-state index in [9.17, 15) is 4.79 Å². The topological polar surface area (TPSA) is 70.2 Å². The molecule has 1 amide bonds. The molecule has 1 atom stereocenters. The molecule has 6 nitrogen and oxygen atoms in total. The Morgan fingerprint density at radius 2 is 1.92 bits per heavy atom. The zero-order valence-electron chi connectivity index (χ0n) is 14.8. The Morgan fingerprint density at radius 1 is 1.20 bits per heavy atom. The van der Waals surface area contributed by atoms with Gasteiger partial charge >= 0.3 is 0 Å². The minimum absolute atomic E-state index is 0.122. The first kappa shape index (κ1) is 17.2. The quantitative estimate of drug-likeness (QED) is 0.844. The molecule has 3 rings (SSSR count). The van der Waals surface area contributed by atoms with Crippen LogP contribution in [0.5, 0.6) is 0 Å². The highest BCUT2D eigenvalue weighted by molar-refractivity contribution is 5.92. The lowest BCUT2D eigenvalue weighted by molar-refractivity contribution is 0.0934. The van der Waals surface area contributed by atoms with Crippen LogP contribution in [0.3, 0.4) is 0 Å². The van der Waals surface area contributed by atoms with Crippen LogP contribution >= 0.6 is 0 Å². The second-order valence-electron chi connectivity index (χ2n) is 6.41. The van der Waals surface area contributed by atoms with Crippen LogP contribution in [0.25, 0.3) is 0 Å². The predicted octanol–water partition coefficient (Wildman–Crippen LogP) is 3.35. The number of amides is 1. The van der Waals surface area contributed by atoms with Gasteiger partial charge in [-0.15, -0.1) is 0 Å². The average Bonchev–Trinajstić information content (AvgIpc) is 3.17. The van der Waals surface area contributed by atoms with Gasteiger partial charge in [0, 0.05) is 36.7 Å². The molecule has 25 heavy (non-hydrogen) atoms. The highest BCUT2D eigenvalue weighted by Crippen LogP contribution is 2.23. The van der Waals surface area contributed by atoms with Gasteiger partial charge in [0.15, 0.2) is 0 Å². The van der Waals surface area contributed by atoms with E-state index in [0.29, 0.717) is 11.6 Å². The predicted molar refractivity (Wildman–Crippen MR) is 100 cm³/mol. The third-order valence-corrected chi connectivity index (χ3v) is 4.47. The number of rotatable bonds is 6. The first-order chi connectivity index (χ1) is 12.2. The smallest absolute Gasteiger partial charge is 0.270 e. The molecule has 1 saturated heterocycles. The summed E-state index contributed by atoms with van der Waals surface area (Å²) in [4.78, 5) is 23.1. The van der Waals surface area contributed by atoms with Gasteiger partial charge in [-0.25, -0.2) is 9.97 Å². The molecule has 0 radical (unpaired) electrons. The Kier molecular flexibility index (Phi) is 5.48. The number of carbonyl (C=O) groups is 1. The summed E-state index contributed by atoms with van der Waals surface area (Å²) in [6, 6.07) is 9.99. The van der Waals surface area contributed by atoms with Crippen molar-refractivity contribution in [1.29, 1.82) is 0 Å². The van der Waals surface area contributed by atoms with Gasteiger partial charge in [-0.3, -0.25) is 4.79 Å². The van der Waals surface area contributed by atoms with Crippen LogP contribution in [0.4, 0.5) is 17.3 Å². The van der Waals surface area contributed by atoms with Crippen molar-refractivity contribution in [1.82, 2.24) is 15.3 Å². The largest absolute Gasteiger partial charge is 0.372 e. The van der Waals surface area contributed by atoms with Gasteiger partial charge < -0.3 is 15.5 Å². The third-order valence-electron chi connectivity index (χ3n) is 4.47. The van der Waals surface area contributed by atoms with Gasteiger partial charge in [0.2, 0.25) is 5.95 Å². The number of nitrogens with one attached hydrogen (secondary N) is 2. The Hall–Kier alpha value is -2.63. The van der Waals surface area contributed by atoms with E-state index in [4.69, 9.17) is 0 Å². The molecular weight excluding hydrogens is 314 g/mol. The zero-order chi connectivity index (χ0) is 17.6. The lowest BCUT2D eigenvalue weighted by Crippen LogP contribution is -2.32. The molecule has 0 saturated carbocycles. The molecule has 1 aliphatic heterocycles. The van der Waals surface area contributed by atoms with Crippen LogP contribution in [-0.4, -0.2) is 35.0 Å². The molecule has 0 aliphatic carbocycles. The fourth-order valence-corrected chi connectivity index (χ4v) is 2.81. The first-order valence-corrected chi connectivity index (χ1v) is 8.91. The zero-order valence-corrected chi connectivity index (χ0v) is 14.8. The summed E-state index contributed by atoms with van der Waals surface area (Å²) in [5.74, 6) is 0.245.